The third-order valence-corrected chi connectivity index (χ3v) is 3.70. The molecule has 1 aliphatic rings. The third-order valence-electron chi connectivity index (χ3n) is 3.70. The second-order valence-electron chi connectivity index (χ2n) is 4.89. The Morgan fingerprint density at radius 1 is 1.55 bits per heavy atom. The summed E-state index contributed by atoms with van der Waals surface area (Å²) < 4.78 is 0. The van der Waals surface area contributed by atoms with Gasteiger partial charge in [0.25, 0.3) is 5.69 Å². The topological polar surface area (TPSA) is 116 Å². The van der Waals surface area contributed by atoms with E-state index in [9.17, 15) is 20.0 Å². The van der Waals surface area contributed by atoms with Crippen LogP contribution < -0.4 is 5.32 Å². The van der Waals surface area contributed by atoms with E-state index in [0.29, 0.717) is 12.8 Å². The van der Waals surface area contributed by atoms with Crippen LogP contribution in [0, 0.1) is 26.9 Å². The minimum Gasteiger partial charge on any atom is -0.481 e. The summed E-state index contributed by atoms with van der Waals surface area (Å²) in [7, 11) is 0. The van der Waals surface area contributed by atoms with Crippen LogP contribution in [0.2, 0.25) is 0 Å². The number of aliphatic carboxylic acids is 1. The normalized spacial score (nSPS) is 15.8. The SMILES string of the molecule is N#Cc1ccc([N+](=O)[O-])c(NCC2(C(=O)O)CCC2)c1. The van der Waals surface area contributed by atoms with Crippen LogP contribution in [0.25, 0.3) is 0 Å². The number of anilines is 1. The number of nitriles is 1. The average molecular weight is 275 g/mol. The lowest BCUT2D eigenvalue weighted by Crippen LogP contribution is -2.43. The molecule has 20 heavy (non-hydrogen) atoms. The van der Waals surface area contributed by atoms with Gasteiger partial charge in [0.1, 0.15) is 5.69 Å². The van der Waals surface area contributed by atoms with Gasteiger partial charge in [0, 0.05) is 12.6 Å². The minimum absolute atomic E-state index is 0.123. The van der Waals surface area contributed by atoms with Crippen LogP contribution >= 0.6 is 0 Å². The standard InChI is InChI=1S/C13H13N3O4/c14-7-9-2-3-11(16(19)20)10(6-9)15-8-13(12(17)18)4-1-5-13/h2-3,6,15H,1,4-5,8H2,(H,17,18). The molecule has 7 heteroatoms. The van der Waals surface area contributed by atoms with E-state index in [1.165, 1.54) is 18.2 Å². The summed E-state index contributed by atoms with van der Waals surface area (Å²) in [5, 5.41) is 31.8. The van der Waals surface area contributed by atoms with Gasteiger partial charge in [0.15, 0.2) is 0 Å². The van der Waals surface area contributed by atoms with E-state index in [2.05, 4.69) is 5.32 Å². The van der Waals surface area contributed by atoms with Crippen molar-refractivity contribution in [2.24, 2.45) is 5.41 Å². The first-order valence-corrected chi connectivity index (χ1v) is 6.14. The summed E-state index contributed by atoms with van der Waals surface area (Å²) >= 11 is 0. The Labute approximate surface area is 115 Å². The zero-order chi connectivity index (χ0) is 14.8. The van der Waals surface area contributed by atoms with Crippen LogP contribution in [0.15, 0.2) is 18.2 Å². The maximum Gasteiger partial charge on any atom is 0.311 e. The van der Waals surface area contributed by atoms with Crippen molar-refractivity contribution in [3.63, 3.8) is 0 Å². The molecular weight excluding hydrogens is 262 g/mol. The van der Waals surface area contributed by atoms with Crippen LogP contribution in [-0.4, -0.2) is 22.5 Å². The van der Waals surface area contributed by atoms with E-state index < -0.39 is 16.3 Å². The monoisotopic (exact) mass is 275 g/mol. The second kappa shape index (κ2) is 5.17. The highest BCUT2D eigenvalue weighted by Crippen LogP contribution is 2.41. The molecule has 0 aromatic heterocycles. The maximum atomic E-state index is 11.2. The number of nitro benzene ring substituents is 1. The molecule has 1 aromatic rings. The Bertz CT molecular complexity index is 602. The second-order valence-corrected chi connectivity index (χ2v) is 4.89. The van der Waals surface area contributed by atoms with Crippen molar-refractivity contribution >= 4 is 17.3 Å². The number of hydrogen-bond donors (Lipinski definition) is 2. The van der Waals surface area contributed by atoms with Gasteiger partial charge in [0.05, 0.1) is 22.0 Å². The highest BCUT2D eigenvalue weighted by atomic mass is 16.6. The summed E-state index contributed by atoms with van der Waals surface area (Å²) in [6.45, 7) is 0.123. The lowest BCUT2D eigenvalue weighted by Gasteiger charge is -2.37. The van der Waals surface area contributed by atoms with Crippen molar-refractivity contribution in [1.29, 1.82) is 5.26 Å². The van der Waals surface area contributed by atoms with Crippen molar-refractivity contribution in [2.75, 3.05) is 11.9 Å². The van der Waals surface area contributed by atoms with Gasteiger partial charge in [-0.3, -0.25) is 14.9 Å². The Hall–Kier alpha value is -2.62. The summed E-state index contributed by atoms with van der Waals surface area (Å²) in [5.74, 6) is -0.893. The van der Waals surface area contributed by atoms with E-state index in [0.717, 1.165) is 6.42 Å². The molecule has 1 saturated carbocycles. The smallest absolute Gasteiger partial charge is 0.311 e. The van der Waals surface area contributed by atoms with Gasteiger partial charge >= 0.3 is 5.97 Å². The minimum atomic E-state index is -0.893. The van der Waals surface area contributed by atoms with E-state index in [1.54, 1.807) is 0 Å². The molecule has 2 N–H and O–H groups in total. The highest BCUT2D eigenvalue weighted by Gasteiger charge is 2.44. The molecule has 7 nitrogen and oxygen atoms in total. The predicted molar refractivity (Wildman–Crippen MR) is 70.2 cm³/mol. The lowest BCUT2D eigenvalue weighted by molar-refractivity contribution is -0.384. The van der Waals surface area contributed by atoms with Gasteiger partial charge in [-0.15, -0.1) is 0 Å². The summed E-state index contributed by atoms with van der Waals surface area (Å²) in [4.78, 5) is 21.6. The quantitative estimate of drug-likeness (QED) is 0.628. The van der Waals surface area contributed by atoms with Crippen LogP contribution in [0.5, 0.6) is 0 Å². The van der Waals surface area contributed by atoms with Crippen LogP contribution in [0.4, 0.5) is 11.4 Å². The van der Waals surface area contributed by atoms with E-state index in [-0.39, 0.29) is 23.5 Å². The highest BCUT2D eigenvalue weighted by molar-refractivity contribution is 5.77. The van der Waals surface area contributed by atoms with Gasteiger partial charge in [-0.2, -0.15) is 5.26 Å². The summed E-state index contributed by atoms with van der Waals surface area (Å²) in [6.07, 6.45) is 1.95. The Kier molecular flexibility index (Phi) is 3.57. The molecule has 0 unspecified atom stereocenters. The van der Waals surface area contributed by atoms with Crippen molar-refractivity contribution in [3.8, 4) is 6.07 Å². The number of nitrogens with one attached hydrogen (secondary N) is 1. The van der Waals surface area contributed by atoms with Crippen molar-refractivity contribution in [2.45, 2.75) is 19.3 Å². The predicted octanol–water partition coefficient (Wildman–Crippen LogP) is 2.13. The molecule has 0 aliphatic heterocycles. The molecule has 0 atom stereocenters. The van der Waals surface area contributed by atoms with Gasteiger partial charge in [0.2, 0.25) is 0 Å². The first-order valence-electron chi connectivity index (χ1n) is 6.14. The first kappa shape index (κ1) is 13.8. The molecule has 104 valence electrons. The number of carboxylic acid groups (broad SMARTS) is 1. The van der Waals surface area contributed by atoms with Gasteiger partial charge < -0.3 is 10.4 Å². The zero-order valence-corrected chi connectivity index (χ0v) is 10.6. The molecule has 0 amide bonds. The molecule has 2 rings (SSSR count). The Balaban J connectivity index is 2.22. The van der Waals surface area contributed by atoms with Crippen molar-refractivity contribution in [1.82, 2.24) is 0 Å². The molecule has 0 bridgehead atoms. The number of rotatable bonds is 5. The van der Waals surface area contributed by atoms with Crippen molar-refractivity contribution in [3.05, 3.63) is 33.9 Å². The number of nitro groups is 1. The Morgan fingerprint density at radius 3 is 2.70 bits per heavy atom. The molecular formula is C13H13N3O4. The molecule has 0 heterocycles. The molecule has 1 aromatic carbocycles. The van der Waals surface area contributed by atoms with Crippen LogP contribution in [0.1, 0.15) is 24.8 Å². The fourth-order valence-electron chi connectivity index (χ4n) is 2.24. The largest absolute Gasteiger partial charge is 0.481 e. The fourth-order valence-corrected chi connectivity index (χ4v) is 2.24. The number of benzene rings is 1. The average Bonchev–Trinajstić information content (AvgIpc) is 2.36. The number of carboxylic acids is 1. The Morgan fingerprint density at radius 2 is 2.25 bits per heavy atom. The summed E-state index contributed by atoms with van der Waals surface area (Å²) in [5.41, 5.74) is -0.544. The van der Waals surface area contributed by atoms with Gasteiger partial charge in [-0.25, -0.2) is 0 Å². The lowest BCUT2D eigenvalue weighted by atomic mass is 9.69. The molecule has 0 saturated heterocycles. The van der Waals surface area contributed by atoms with Gasteiger partial charge in [-0.05, 0) is 25.0 Å². The maximum absolute atomic E-state index is 11.2. The van der Waals surface area contributed by atoms with Gasteiger partial charge in [-0.1, -0.05) is 6.42 Å². The fraction of sp³-hybridized carbons (Fsp3) is 0.385. The van der Waals surface area contributed by atoms with E-state index in [1.807, 2.05) is 6.07 Å². The molecule has 1 fully saturated rings. The van der Waals surface area contributed by atoms with E-state index in [4.69, 9.17) is 5.26 Å². The number of nitrogens with zero attached hydrogens (tertiary/aromatic N) is 2. The third kappa shape index (κ3) is 2.40. The molecule has 1 aliphatic carbocycles. The molecule has 0 radical (unpaired) electrons. The zero-order valence-electron chi connectivity index (χ0n) is 10.6. The van der Waals surface area contributed by atoms with Crippen LogP contribution in [0.3, 0.4) is 0 Å². The van der Waals surface area contributed by atoms with E-state index >= 15 is 0 Å². The molecule has 0 spiro atoms. The number of carbonyl (C=O) groups is 1. The van der Waals surface area contributed by atoms with Crippen LogP contribution in [-0.2, 0) is 4.79 Å². The summed E-state index contributed by atoms with van der Waals surface area (Å²) in [6, 6.07) is 5.88. The van der Waals surface area contributed by atoms with Crippen molar-refractivity contribution < 1.29 is 14.8 Å². The number of hydrogen-bond acceptors (Lipinski definition) is 5. The first-order chi connectivity index (χ1) is 9.48.